The number of para-hydroxylation sites is 3. The van der Waals surface area contributed by atoms with E-state index in [1.165, 1.54) is 24.1 Å². The van der Waals surface area contributed by atoms with Crippen molar-refractivity contribution in [2.24, 2.45) is 0 Å². The minimum absolute atomic E-state index is 0.0282. The van der Waals surface area contributed by atoms with Gasteiger partial charge in [-0.3, -0.25) is 4.79 Å². The lowest BCUT2D eigenvalue weighted by molar-refractivity contribution is -0.151. The van der Waals surface area contributed by atoms with Gasteiger partial charge in [-0.1, -0.05) is 24.3 Å². The zero-order valence-electron chi connectivity index (χ0n) is 15.8. The molecule has 1 saturated heterocycles. The summed E-state index contributed by atoms with van der Waals surface area (Å²) < 4.78 is 26.2. The van der Waals surface area contributed by atoms with Crippen LogP contribution >= 0.6 is 0 Å². The van der Waals surface area contributed by atoms with E-state index >= 15 is 0 Å². The molecule has 1 aliphatic heterocycles. The van der Waals surface area contributed by atoms with Gasteiger partial charge in [0.05, 0.1) is 31.0 Å². The first kappa shape index (κ1) is 18.9. The standard InChI is InChI=1S/C21H20FN3O4/c1-28-21(27)18-10-14(29-19-9-5-2-6-15(19)22)11-25(18)20(26)12-24-13-23-16-7-3-4-8-17(16)24/h2-9,13-14,18H,10-12H2,1H3/t14-,18-/m1/s1. The number of esters is 1. The Labute approximate surface area is 166 Å². The van der Waals surface area contributed by atoms with Gasteiger partial charge >= 0.3 is 5.97 Å². The summed E-state index contributed by atoms with van der Waals surface area (Å²) in [5, 5.41) is 0. The van der Waals surface area contributed by atoms with Gasteiger partial charge in [0, 0.05) is 6.42 Å². The molecule has 0 saturated carbocycles. The molecule has 150 valence electrons. The topological polar surface area (TPSA) is 73.7 Å². The van der Waals surface area contributed by atoms with Crippen molar-refractivity contribution in [2.75, 3.05) is 13.7 Å². The normalized spacial score (nSPS) is 18.8. The summed E-state index contributed by atoms with van der Waals surface area (Å²) in [4.78, 5) is 31.0. The Kier molecular flexibility index (Phi) is 5.16. The molecular formula is C21H20FN3O4. The lowest BCUT2D eigenvalue weighted by atomic mass is 10.2. The van der Waals surface area contributed by atoms with Crippen molar-refractivity contribution >= 4 is 22.9 Å². The summed E-state index contributed by atoms with van der Waals surface area (Å²) in [5.74, 6) is -1.18. The maximum absolute atomic E-state index is 13.9. The molecule has 4 rings (SSSR count). The molecular weight excluding hydrogens is 377 g/mol. The minimum Gasteiger partial charge on any atom is -0.485 e. The fraction of sp³-hybridized carbons (Fsp3) is 0.286. The molecule has 0 aliphatic carbocycles. The van der Waals surface area contributed by atoms with Crippen LogP contribution in [0.1, 0.15) is 6.42 Å². The Morgan fingerprint density at radius 2 is 1.93 bits per heavy atom. The summed E-state index contributed by atoms with van der Waals surface area (Å²) >= 11 is 0. The van der Waals surface area contributed by atoms with Crippen LogP contribution in [-0.4, -0.2) is 52.1 Å². The number of hydrogen-bond acceptors (Lipinski definition) is 5. The Hall–Kier alpha value is -3.42. The fourth-order valence-corrected chi connectivity index (χ4v) is 3.61. The summed E-state index contributed by atoms with van der Waals surface area (Å²) in [6, 6.07) is 12.8. The van der Waals surface area contributed by atoms with Gasteiger partial charge in [-0.2, -0.15) is 0 Å². The van der Waals surface area contributed by atoms with Crippen LogP contribution in [0.4, 0.5) is 4.39 Å². The number of carbonyl (C=O) groups is 2. The summed E-state index contributed by atoms with van der Waals surface area (Å²) in [6.07, 6.45) is 1.32. The van der Waals surface area contributed by atoms with Crippen LogP contribution in [-0.2, 0) is 20.9 Å². The number of ether oxygens (including phenoxy) is 2. The highest BCUT2D eigenvalue weighted by Gasteiger charge is 2.41. The number of hydrogen-bond donors (Lipinski definition) is 0. The smallest absolute Gasteiger partial charge is 0.328 e. The van der Waals surface area contributed by atoms with E-state index in [1.807, 2.05) is 24.3 Å². The molecule has 8 heteroatoms. The molecule has 7 nitrogen and oxygen atoms in total. The Bertz CT molecular complexity index is 1050. The second-order valence-electron chi connectivity index (χ2n) is 6.85. The van der Waals surface area contributed by atoms with Gasteiger partial charge in [0.25, 0.3) is 0 Å². The van der Waals surface area contributed by atoms with Gasteiger partial charge in [-0.15, -0.1) is 0 Å². The van der Waals surface area contributed by atoms with Gasteiger partial charge < -0.3 is 18.9 Å². The van der Waals surface area contributed by atoms with E-state index in [2.05, 4.69) is 4.98 Å². The molecule has 1 aliphatic rings. The first-order chi connectivity index (χ1) is 14.1. The fourth-order valence-electron chi connectivity index (χ4n) is 3.61. The van der Waals surface area contributed by atoms with E-state index in [9.17, 15) is 14.0 Å². The molecule has 29 heavy (non-hydrogen) atoms. The maximum atomic E-state index is 13.9. The average molecular weight is 397 g/mol. The third-order valence-corrected chi connectivity index (χ3v) is 5.02. The lowest BCUT2D eigenvalue weighted by Gasteiger charge is -2.22. The Balaban J connectivity index is 1.52. The van der Waals surface area contributed by atoms with Crippen LogP contribution in [0.15, 0.2) is 54.9 Å². The molecule has 2 aromatic carbocycles. The molecule has 0 bridgehead atoms. The van der Waals surface area contributed by atoms with Crippen molar-refractivity contribution in [3.05, 3.63) is 60.7 Å². The minimum atomic E-state index is -0.779. The highest BCUT2D eigenvalue weighted by atomic mass is 19.1. The van der Waals surface area contributed by atoms with E-state index in [4.69, 9.17) is 9.47 Å². The summed E-state index contributed by atoms with van der Waals surface area (Å²) in [7, 11) is 1.28. The van der Waals surface area contributed by atoms with Crippen LogP contribution < -0.4 is 4.74 Å². The van der Waals surface area contributed by atoms with Gasteiger partial charge in [0.2, 0.25) is 5.91 Å². The quantitative estimate of drug-likeness (QED) is 0.618. The van der Waals surface area contributed by atoms with E-state index < -0.39 is 23.9 Å². The van der Waals surface area contributed by atoms with Crippen LogP contribution in [0, 0.1) is 5.82 Å². The van der Waals surface area contributed by atoms with Crippen LogP contribution in [0.2, 0.25) is 0 Å². The van der Waals surface area contributed by atoms with Crippen molar-refractivity contribution in [2.45, 2.75) is 25.1 Å². The first-order valence-corrected chi connectivity index (χ1v) is 9.25. The van der Waals surface area contributed by atoms with Gasteiger partial charge in [-0.05, 0) is 24.3 Å². The lowest BCUT2D eigenvalue weighted by Crippen LogP contribution is -2.42. The highest BCUT2D eigenvalue weighted by Crippen LogP contribution is 2.26. The van der Waals surface area contributed by atoms with Crippen molar-refractivity contribution in [1.82, 2.24) is 14.5 Å². The first-order valence-electron chi connectivity index (χ1n) is 9.25. The van der Waals surface area contributed by atoms with Crippen molar-refractivity contribution in [1.29, 1.82) is 0 Å². The summed E-state index contributed by atoms with van der Waals surface area (Å²) in [5.41, 5.74) is 1.61. The van der Waals surface area contributed by atoms with Crippen molar-refractivity contribution in [3.8, 4) is 5.75 Å². The third kappa shape index (κ3) is 3.78. The number of fused-ring (bicyclic) bond motifs is 1. The van der Waals surface area contributed by atoms with Gasteiger partial charge in [-0.25, -0.2) is 14.2 Å². The van der Waals surface area contributed by atoms with E-state index in [-0.39, 0.29) is 31.2 Å². The Morgan fingerprint density at radius 1 is 1.17 bits per heavy atom. The van der Waals surface area contributed by atoms with E-state index in [0.717, 1.165) is 11.0 Å². The van der Waals surface area contributed by atoms with E-state index in [1.54, 1.807) is 23.0 Å². The molecule has 3 aromatic rings. The molecule has 2 heterocycles. The second kappa shape index (κ2) is 7.90. The van der Waals surface area contributed by atoms with E-state index in [0.29, 0.717) is 0 Å². The predicted molar refractivity (Wildman–Crippen MR) is 103 cm³/mol. The average Bonchev–Trinajstić information content (AvgIpc) is 3.34. The van der Waals surface area contributed by atoms with Crippen LogP contribution in [0.5, 0.6) is 5.75 Å². The monoisotopic (exact) mass is 397 g/mol. The number of amides is 1. The predicted octanol–water partition coefficient (Wildman–Crippen LogP) is 2.40. The van der Waals surface area contributed by atoms with Gasteiger partial charge in [0.1, 0.15) is 18.7 Å². The number of aromatic nitrogens is 2. The number of benzene rings is 2. The number of rotatable bonds is 5. The molecule has 0 radical (unpaired) electrons. The van der Waals surface area contributed by atoms with Gasteiger partial charge in [0.15, 0.2) is 11.6 Å². The Morgan fingerprint density at radius 3 is 2.72 bits per heavy atom. The number of halogens is 1. The van der Waals surface area contributed by atoms with Crippen molar-refractivity contribution < 1.29 is 23.5 Å². The number of likely N-dealkylation sites (tertiary alicyclic amines) is 1. The molecule has 1 amide bonds. The zero-order chi connectivity index (χ0) is 20.4. The number of nitrogens with zero attached hydrogens (tertiary/aromatic N) is 3. The third-order valence-electron chi connectivity index (χ3n) is 5.02. The molecule has 0 N–H and O–H groups in total. The van der Waals surface area contributed by atoms with Crippen molar-refractivity contribution in [3.63, 3.8) is 0 Å². The largest absolute Gasteiger partial charge is 0.485 e. The van der Waals surface area contributed by atoms with Crippen LogP contribution in [0.25, 0.3) is 11.0 Å². The number of imidazole rings is 1. The molecule has 0 unspecified atom stereocenters. The molecule has 2 atom stereocenters. The highest BCUT2D eigenvalue weighted by molar-refractivity contribution is 5.86. The zero-order valence-corrected chi connectivity index (χ0v) is 15.8. The maximum Gasteiger partial charge on any atom is 0.328 e. The number of carbonyl (C=O) groups excluding carboxylic acids is 2. The molecule has 0 spiro atoms. The SMILES string of the molecule is COC(=O)[C@H]1C[C@@H](Oc2ccccc2F)CN1C(=O)Cn1cnc2ccccc21. The number of methoxy groups -OCH3 is 1. The molecule has 1 aromatic heterocycles. The summed E-state index contributed by atoms with van der Waals surface area (Å²) in [6.45, 7) is 0.194. The molecule has 1 fully saturated rings. The second-order valence-corrected chi connectivity index (χ2v) is 6.85. The van der Waals surface area contributed by atoms with Crippen LogP contribution in [0.3, 0.4) is 0 Å².